The Balaban J connectivity index is 0.00000176. The van der Waals surface area contributed by atoms with Gasteiger partial charge in [-0.2, -0.15) is 0 Å². The summed E-state index contributed by atoms with van der Waals surface area (Å²) in [6.07, 6.45) is 3.63. The van der Waals surface area contributed by atoms with Crippen LogP contribution in [0.1, 0.15) is 39.8 Å². The number of thiophene rings is 1. The molecule has 2 aromatic rings. The van der Waals surface area contributed by atoms with Gasteiger partial charge in [0.1, 0.15) is 0 Å². The van der Waals surface area contributed by atoms with Crippen molar-refractivity contribution in [3.05, 3.63) is 51.2 Å². The number of rotatable bonds is 3. The minimum Gasteiger partial charge on any atom is -0.399 e. The number of nitrogens with one attached hydrogen (secondary N) is 1. The van der Waals surface area contributed by atoms with Crippen LogP contribution in [0.5, 0.6) is 0 Å². The molecule has 1 aromatic carbocycles. The van der Waals surface area contributed by atoms with Crippen LogP contribution in [-0.2, 0) is 17.6 Å². The molecule has 1 heterocycles. The fourth-order valence-electron chi connectivity index (χ4n) is 2.97. The van der Waals surface area contributed by atoms with Crippen molar-refractivity contribution in [1.82, 2.24) is 5.32 Å². The third-order valence-electron chi connectivity index (χ3n) is 3.95. The average molecular weight is 337 g/mol. The molecular weight excluding hydrogens is 316 g/mol. The Morgan fingerprint density at radius 1 is 1.36 bits per heavy atom. The Labute approximate surface area is 141 Å². The van der Waals surface area contributed by atoms with Gasteiger partial charge in [-0.1, -0.05) is 6.07 Å². The first-order valence-corrected chi connectivity index (χ1v) is 8.16. The van der Waals surface area contributed by atoms with Crippen molar-refractivity contribution in [2.75, 3.05) is 5.73 Å². The van der Waals surface area contributed by atoms with Gasteiger partial charge < -0.3 is 11.1 Å². The van der Waals surface area contributed by atoms with E-state index in [-0.39, 0.29) is 24.4 Å². The van der Waals surface area contributed by atoms with Crippen LogP contribution in [0.15, 0.2) is 30.3 Å². The predicted molar refractivity (Wildman–Crippen MR) is 94.7 cm³/mol. The van der Waals surface area contributed by atoms with E-state index in [0.29, 0.717) is 6.42 Å². The molecule has 0 saturated carbocycles. The first-order valence-electron chi connectivity index (χ1n) is 7.35. The zero-order chi connectivity index (χ0) is 14.8. The second kappa shape index (κ2) is 7.16. The number of aryl methyl sites for hydroxylation is 2. The van der Waals surface area contributed by atoms with Crippen LogP contribution < -0.4 is 11.1 Å². The highest BCUT2D eigenvalue weighted by Crippen LogP contribution is 2.31. The number of nitrogen functional groups attached to an aromatic ring is 1. The van der Waals surface area contributed by atoms with E-state index >= 15 is 0 Å². The monoisotopic (exact) mass is 336 g/mol. The molecule has 1 unspecified atom stereocenters. The molecule has 0 radical (unpaired) electrons. The molecule has 0 bridgehead atoms. The second-order valence-corrected chi connectivity index (χ2v) is 7.03. The molecule has 0 fully saturated rings. The number of benzene rings is 1. The summed E-state index contributed by atoms with van der Waals surface area (Å²) in [5, 5.41) is 3.18. The summed E-state index contributed by atoms with van der Waals surface area (Å²) in [5.74, 6) is 0.103. The first-order chi connectivity index (χ1) is 10.1. The lowest BCUT2D eigenvalue weighted by atomic mass is 9.87. The molecule has 118 valence electrons. The molecule has 3 nitrogen and oxygen atoms in total. The summed E-state index contributed by atoms with van der Waals surface area (Å²) in [7, 11) is 0. The molecule has 0 spiro atoms. The minimum atomic E-state index is 0. The van der Waals surface area contributed by atoms with Crippen molar-refractivity contribution in [3.63, 3.8) is 0 Å². The van der Waals surface area contributed by atoms with Crippen molar-refractivity contribution < 1.29 is 4.79 Å². The highest BCUT2D eigenvalue weighted by atomic mass is 35.5. The zero-order valence-electron chi connectivity index (χ0n) is 12.6. The van der Waals surface area contributed by atoms with E-state index in [9.17, 15) is 4.79 Å². The van der Waals surface area contributed by atoms with E-state index in [2.05, 4.69) is 24.4 Å². The fraction of sp³-hybridized carbons (Fsp3) is 0.353. The van der Waals surface area contributed by atoms with Gasteiger partial charge in [0.25, 0.3) is 0 Å². The van der Waals surface area contributed by atoms with E-state index in [4.69, 9.17) is 5.73 Å². The van der Waals surface area contributed by atoms with Crippen molar-refractivity contribution in [1.29, 1.82) is 0 Å². The van der Waals surface area contributed by atoms with Gasteiger partial charge >= 0.3 is 0 Å². The third kappa shape index (κ3) is 3.81. The van der Waals surface area contributed by atoms with Crippen LogP contribution >= 0.6 is 23.7 Å². The normalized spacial score (nSPS) is 16.5. The standard InChI is InChI=1S/C17H20N2OS.ClH/c1-11-5-7-14(21-11)10-17(20)19-16-4-2-3-12-9-13(18)6-8-15(12)16;/h5-9,16H,2-4,10,18H2,1H3,(H,19,20);1H. The minimum absolute atomic E-state index is 0. The maximum atomic E-state index is 12.2. The van der Waals surface area contributed by atoms with Gasteiger partial charge in [-0.15, -0.1) is 23.7 Å². The Morgan fingerprint density at radius 2 is 2.18 bits per heavy atom. The van der Waals surface area contributed by atoms with Crippen LogP contribution in [-0.4, -0.2) is 5.91 Å². The van der Waals surface area contributed by atoms with Crippen LogP contribution in [0.25, 0.3) is 0 Å². The van der Waals surface area contributed by atoms with Gasteiger partial charge in [-0.3, -0.25) is 4.79 Å². The quantitative estimate of drug-likeness (QED) is 0.838. The lowest BCUT2D eigenvalue weighted by Crippen LogP contribution is -2.31. The summed E-state index contributed by atoms with van der Waals surface area (Å²) >= 11 is 1.69. The molecule has 0 aliphatic heterocycles. The van der Waals surface area contributed by atoms with Gasteiger partial charge in [-0.05, 0) is 61.6 Å². The number of halogens is 1. The SMILES string of the molecule is Cc1ccc(CC(=O)NC2CCCc3cc(N)ccc32)s1.Cl. The molecule has 5 heteroatoms. The summed E-state index contributed by atoms with van der Waals surface area (Å²) in [6.45, 7) is 2.06. The smallest absolute Gasteiger partial charge is 0.225 e. The highest BCUT2D eigenvalue weighted by Gasteiger charge is 2.22. The topological polar surface area (TPSA) is 55.1 Å². The average Bonchev–Trinajstić information content (AvgIpc) is 2.83. The molecule has 1 aromatic heterocycles. The Bertz CT molecular complexity index is 668. The lowest BCUT2D eigenvalue weighted by molar-refractivity contribution is -0.121. The fourth-order valence-corrected chi connectivity index (χ4v) is 3.86. The van der Waals surface area contributed by atoms with Crippen LogP contribution in [0.3, 0.4) is 0 Å². The maximum absolute atomic E-state index is 12.2. The van der Waals surface area contributed by atoms with Gasteiger partial charge in [0.15, 0.2) is 0 Å². The van der Waals surface area contributed by atoms with E-state index in [1.54, 1.807) is 11.3 Å². The van der Waals surface area contributed by atoms with E-state index < -0.39 is 0 Å². The van der Waals surface area contributed by atoms with Crippen molar-refractivity contribution in [2.45, 2.75) is 38.6 Å². The Hall–Kier alpha value is -1.52. The second-order valence-electron chi connectivity index (χ2n) is 5.66. The maximum Gasteiger partial charge on any atom is 0.225 e. The number of carbonyl (C=O) groups is 1. The lowest BCUT2D eigenvalue weighted by Gasteiger charge is -2.26. The number of fused-ring (bicyclic) bond motifs is 1. The molecule has 3 rings (SSSR count). The van der Waals surface area contributed by atoms with Gasteiger partial charge in [0.2, 0.25) is 5.91 Å². The summed E-state index contributed by atoms with van der Waals surface area (Å²) in [6, 6.07) is 10.2. The number of hydrogen-bond acceptors (Lipinski definition) is 3. The predicted octanol–water partition coefficient (Wildman–Crippen LogP) is 3.80. The van der Waals surface area contributed by atoms with Gasteiger partial charge in [0.05, 0.1) is 12.5 Å². The highest BCUT2D eigenvalue weighted by molar-refractivity contribution is 7.12. The molecular formula is C17H21ClN2OS. The molecule has 0 saturated heterocycles. The molecule has 22 heavy (non-hydrogen) atoms. The van der Waals surface area contributed by atoms with Gasteiger partial charge in [0, 0.05) is 15.4 Å². The van der Waals surface area contributed by atoms with Crippen LogP contribution in [0, 0.1) is 6.92 Å². The number of anilines is 1. The molecule has 3 N–H and O–H groups in total. The summed E-state index contributed by atoms with van der Waals surface area (Å²) in [5.41, 5.74) is 9.15. The van der Waals surface area contributed by atoms with Crippen molar-refractivity contribution in [3.8, 4) is 0 Å². The van der Waals surface area contributed by atoms with Crippen LogP contribution in [0.2, 0.25) is 0 Å². The zero-order valence-corrected chi connectivity index (χ0v) is 14.2. The van der Waals surface area contributed by atoms with Gasteiger partial charge in [-0.25, -0.2) is 0 Å². The number of carbonyl (C=O) groups excluding carboxylic acids is 1. The molecule has 1 aliphatic carbocycles. The summed E-state index contributed by atoms with van der Waals surface area (Å²) in [4.78, 5) is 14.6. The number of nitrogens with two attached hydrogens (primary N) is 1. The Morgan fingerprint density at radius 3 is 2.91 bits per heavy atom. The van der Waals surface area contributed by atoms with E-state index in [1.165, 1.54) is 16.0 Å². The van der Waals surface area contributed by atoms with Crippen LogP contribution in [0.4, 0.5) is 5.69 Å². The number of hydrogen-bond donors (Lipinski definition) is 2. The first kappa shape index (κ1) is 16.8. The van der Waals surface area contributed by atoms with E-state index in [0.717, 1.165) is 29.8 Å². The largest absolute Gasteiger partial charge is 0.399 e. The third-order valence-corrected chi connectivity index (χ3v) is 4.95. The van der Waals surface area contributed by atoms with Crippen molar-refractivity contribution >= 4 is 35.3 Å². The van der Waals surface area contributed by atoms with E-state index in [1.807, 2.05) is 18.2 Å². The molecule has 1 atom stereocenters. The van der Waals surface area contributed by atoms with Crippen molar-refractivity contribution in [2.24, 2.45) is 0 Å². The molecule has 1 aliphatic rings. The summed E-state index contributed by atoms with van der Waals surface area (Å²) < 4.78 is 0. The number of amides is 1. The Kier molecular flexibility index (Phi) is 5.48. The molecule has 1 amide bonds.